The summed E-state index contributed by atoms with van der Waals surface area (Å²) in [4.78, 5) is 0. The number of hydrazine groups is 1. The lowest BCUT2D eigenvalue weighted by atomic mass is 10.1. The summed E-state index contributed by atoms with van der Waals surface area (Å²) in [5.74, 6) is 0. The fraction of sp³-hybridized carbons (Fsp3) is 1.00. The van der Waals surface area contributed by atoms with Gasteiger partial charge in [-0.15, -0.1) is 0 Å². The van der Waals surface area contributed by atoms with Crippen LogP contribution in [0.5, 0.6) is 0 Å². The summed E-state index contributed by atoms with van der Waals surface area (Å²) in [5.41, 5.74) is 9.36. The first kappa shape index (κ1) is 8.36. The van der Waals surface area contributed by atoms with Gasteiger partial charge in [0, 0.05) is 7.05 Å². The minimum atomic E-state index is -0.115. The third kappa shape index (κ3) is 2.41. The maximum atomic E-state index is 6.70. The van der Waals surface area contributed by atoms with Gasteiger partial charge in [0.25, 0.3) is 0 Å². The molecular weight excluding hydrogens is 116 g/mol. The zero-order valence-corrected chi connectivity index (χ0v) is 6.39. The highest BCUT2D eigenvalue weighted by Crippen LogP contribution is 2.08. The van der Waals surface area contributed by atoms with E-state index in [1.54, 1.807) is 7.05 Å². The van der Waals surface area contributed by atoms with Crippen LogP contribution in [0.3, 0.4) is 0 Å². The van der Waals surface area contributed by atoms with Crippen molar-refractivity contribution in [2.24, 2.45) is 5.22 Å². The SMILES string of the molecule is CNN(N=N)C(C)(C)C. The largest absolute Gasteiger partial charge is 0.219 e. The summed E-state index contributed by atoms with van der Waals surface area (Å²) in [6.45, 7) is 5.92. The number of rotatable bonds is 2. The average molecular weight is 130 g/mol. The van der Waals surface area contributed by atoms with Crippen LogP contribution in [-0.4, -0.2) is 17.7 Å². The van der Waals surface area contributed by atoms with Crippen LogP contribution in [0.25, 0.3) is 0 Å². The molecule has 0 heterocycles. The van der Waals surface area contributed by atoms with Crippen molar-refractivity contribution in [3.63, 3.8) is 0 Å². The zero-order chi connectivity index (χ0) is 7.49. The Labute approximate surface area is 55.7 Å². The molecule has 0 spiro atoms. The van der Waals surface area contributed by atoms with Crippen LogP contribution in [0.2, 0.25) is 0 Å². The fourth-order valence-corrected chi connectivity index (χ4v) is 0.535. The van der Waals surface area contributed by atoms with Crippen molar-refractivity contribution in [1.82, 2.24) is 10.5 Å². The minimum Gasteiger partial charge on any atom is -0.219 e. The summed E-state index contributed by atoms with van der Waals surface area (Å²) < 4.78 is 0. The smallest absolute Gasteiger partial charge is 0.0683 e. The molecule has 0 aromatic carbocycles. The molecule has 54 valence electrons. The first-order valence-corrected chi connectivity index (χ1v) is 2.87. The molecule has 0 radical (unpaired) electrons. The number of nitrogens with zero attached hydrogens (tertiary/aromatic N) is 2. The van der Waals surface area contributed by atoms with Crippen molar-refractivity contribution in [2.75, 3.05) is 7.05 Å². The van der Waals surface area contributed by atoms with Gasteiger partial charge in [0.1, 0.15) is 0 Å². The summed E-state index contributed by atoms with van der Waals surface area (Å²) in [5, 5.41) is 4.73. The maximum Gasteiger partial charge on any atom is 0.0683 e. The Balaban J connectivity index is 3.94. The number of hydrogen-bond acceptors (Lipinski definition) is 3. The lowest BCUT2D eigenvalue weighted by Gasteiger charge is -2.29. The van der Waals surface area contributed by atoms with Crippen molar-refractivity contribution < 1.29 is 0 Å². The first-order chi connectivity index (χ1) is 4.02. The van der Waals surface area contributed by atoms with Gasteiger partial charge in [0.15, 0.2) is 0 Å². The highest BCUT2D eigenvalue weighted by atomic mass is 15.7. The van der Waals surface area contributed by atoms with Crippen molar-refractivity contribution in [3.8, 4) is 0 Å². The highest BCUT2D eigenvalue weighted by Gasteiger charge is 2.17. The molecule has 0 aliphatic rings. The predicted octanol–water partition coefficient (Wildman–Crippen LogP) is 1.17. The molecule has 0 saturated heterocycles. The lowest BCUT2D eigenvalue weighted by molar-refractivity contribution is 0.0737. The van der Waals surface area contributed by atoms with Gasteiger partial charge in [-0.2, -0.15) is 5.53 Å². The van der Waals surface area contributed by atoms with Crippen LogP contribution < -0.4 is 5.43 Å². The Bertz CT molecular complexity index is 93.6. The normalized spacial score (nSPS) is 11.1. The lowest BCUT2D eigenvalue weighted by Crippen LogP contribution is -2.44. The van der Waals surface area contributed by atoms with Crippen LogP contribution in [0, 0.1) is 5.53 Å². The van der Waals surface area contributed by atoms with Gasteiger partial charge in [0.05, 0.1) is 5.54 Å². The predicted molar refractivity (Wildman–Crippen MR) is 35.8 cm³/mol. The van der Waals surface area contributed by atoms with Gasteiger partial charge in [-0.25, -0.2) is 10.5 Å². The molecule has 0 bridgehead atoms. The quantitative estimate of drug-likeness (QED) is 0.435. The molecule has 0 amide bonds. The zero-order valence-electron chi connectivity index (χ0n) is 6.39. The van der Waals surface area contributed by atoms with E-state index in [9.17, 15) is 0 Å². The molecule has 0 unspecified atom stereocenters. The van der Waals surface area contributed by atoms with Gasteiger partial charge in [-0.3, -0.25) is 0 Å². The van der Waals surface area contributed by atoms with Crippen LogP contribution in [-0.2, 0) is 0 Å². The molecule has 0 aromatic rings. The molecule has 0 rings (SSSR count). The molecule has 0 aliphatic heterocycles. The second-order valence-corrected chi connectivity index (χ2v) is 2.81. The molecule has 0 atom stereocenters. The monoisotopic (exact) mass is 130 g/mol. The van der Waals surface area contributed by atoms with Gasteiger partial charge in [-0.05, 0) is 20.8 Å². The number of nitrogens with one attached hydrogen (secondary N) is 2. The standard InChI is InChI=1S/C5H14N4/c1-5(2,3)9(7-4)8-6/h6-7H,1-4H3. The molecule has 4 nitrogen and oxygen atoms in total. The fourth-order valence-electron chi connectivity index (χ4n) is 0.535. The van der Waals surface area contributed by atoms with Crippen molar-refractivity contribution in [3.05, 3.63) is 0 Å². The molecule has 9 heavy (non-hydrogen) atoms. The third-order valence-corrected chi connectivity index (χ3v) is 0.947. The van der Waals surface area contributed by atoms with Gasteiger partial charge in [-0.1, -0.05) is 5.22 Å². The summed E-state index contributed by atoms with van der Waals surface area (Å²) >= 11 is 0. The summed E-state index contributed by atoms with van der Waals surface area (Å²) in [6, 6.07) is 0. The van der Waals surface area contributed by atoms with Crippen molar-refractivity contribution >= 4 is 0 Å². The molecule has 2 N–H and O–H groups in total. The van der Waals surface area contributed by atoms with Crippen molar-refractivity contribution in [2.45, 2.75) is 26.3 Å². The molecule has 0 aliphatic carbocycles. The molecule has 0 fully saturated rings. The van der Waals surface area contributed by atoms with Crippen LogP contribution in [0.4, 0.5) is 0 Å². The molecule has 0 saturated carbocycles. The topological polar surface area (TPSA) is 51.5 Å². The maximum absolute atomic E-state index is 6.70. The van der Waals surface area contributed by atoms with E-state index in [0.29, 0.717) is 0 Å². The molecule has 0 aromatic heterocycles. The van der Waals surface area contributed by atoms with E-state index in [2.05, 4.69) is 10.6 Å². The van der Waals surface area contributed by atoms with Gasteiger partial charge < -0.3 is 0 Å². The second kappa shape index (κ2) is 2.77. The molecule has 4 heteroatoms. The van der Waals surface area contributed by atoms with Crippen LogP contribution in [0.1, 0.15) is 20.8 Å². The minimum absolute atomic E-state index is 0.115. The Hall–Kier alpha value is -0.640. The van der Waals surface area contributed by atoms with Crippen LogP contribution in [0.15, 0.2) is 5.22 Å². The van der Waals surface area contributed by atoms with E-state index in [-0.39, 0.29) is 5.54 Å². The van der Waals surface area contributed by atoms with E-state index in [4.69, 9.17) is 5.53 Å². The molecular formula is C5H14N4. The van der Waals surface area contributed by atoms with E-state index in [0.717, 1.165) is 0 Å². The van der Waals surface area contributed by atoms with Crippen LogP contribution >= 0.6 is 0 Å². The number of hydrogen-bond donors (Lipinski definition) is 2. The Kier molecular flexibility index (Phi) is 2.58. The Morgan fingerprint density at radius 1 is 1.44 bits per heavy atom. The third-order valence-electron chi connectivity index (χ3n) is 0.947. The van der Waals surface area contributed by atoms with Gasteiger partial charge >= 0.3 is 0 Å². The van der Waals surface area contributed by atoms with Gasteiger partial charge in [0.2, 0.25) is 0 Å². The Morgan fingerprint density at radius 2 is 1.89 bits per heavy atom. The second-order valence-electron chi connectivity index (χ2n) is 2.81. The average Bonchev–Trinajstić information content (AvgIpc) is 1.65. The highest BCUT2D eigenvalue weighted by molar-refractivity contribution is 4.67. The van der Waals surface area contributed by atoms with E-state index >= 15 is 0 Å². The van der Waals surface area contributed by atoms with Crippen molar-refractivity contribution in [1.29, 1.82) is 5.53 Å². The first-order valence-electron chi connectivity index (χ1n) is 2.87. The van der Waals surface area contributed by atoms with E-state index < -0.39 is 0 Å². The summed E-state index contributed by atoms with van der Waals surface area (Å²) in [7, 11) is 1.74. The van der Waals surface area contributed by atoms with E-state index in [1.807, 2.05) is 20.8 Å². The Morgan fingerprint density at radius 3 is 1.89 bits per heavy atom. The summed E-state index contributed by atoms with van der Waals surface area (Å²) in [6.07, 6.45) is 0. The van der Waals surface area contributed by atoms with E-state index in [1.165, 1.54) is 5.12 Å².